The first-order valence-corrected chi connectivity index (χ1v) is 5.31. The van der Waals surface area contributed by atoms with Gasteiger partial charge in [0.2, 0.25) is 0 Å². The summed E-state index contributed by atoms with van der Waals surface area (Å²) < 4.78 is 15.4. The molecule has 1 aromatic carbocycles. The summed E-state index contributed by atoms with van der Waals surface area (Å²) in [5.74, 6) is 0.707. The van der Waals surface area contributed by atoms with Gasteiger partial charge in [0.05, 0.1) is 13.5 Å². The summed E-state index contributed by atoms with van der Waals surface area (Å²) in [5, 5.41) is 9.21. The second kappa shape index (κ2) is 4.63. The van der Waals surface area contributed by atoms with Crippen molar-refractivity contribution in [2.75, 3.05) is 7.11 Å². The van der Waals surface area contributed by atoms with Gasteiger partial charge in [-0.15, -0.1) is 0 Å². The molecule has 2 rings (SSSR count). The molecule has 0 aliphatic carbocycles. The maximum absolute atomic E-state index is 11.2. The summed E-state index contributed by atoms with van der Waals surface area (Å²) in [6, 6.07) is 3.47. The van der Waals surface area contributed by atoms with Gasteiger partial charge in [-0.25, -0.2) is 0 Å². The monoisotopic (exact) mass is 238 g/mol. The van der Waals surface area contributed by atoms with E-state index in [4.69, 9.17) is 14.2 Å². The highest BCUT2D eigenvalue weighted by molar-refractivity contribution is 5.76. The lowest BCUT2D eigenvalue weighted by atomic mass is 10.0. The van der Waals surface area contributed by atoms with Crippen molar-refractivity contribution in [3.8, 4) is 11.5 Å². The fraction of sp³-hybridized carbons (Fsp3) is 0.417. The number of aliphatic hydroxyl groups is 1. The van der Waals surface area contributed by atoms with Gasteiger partial charge >= 0.3 is 5.97 Å². The maximum atomic E-state index is 11.2. The average Bonchev–Trinajstić information content (AvgIpc) is 2.28. The van der Waals surface area contributed by atoms with Crippen molar-refractivity contribution < 1.29 is 24.1 Å². The van der Waals surface area contributed by atoms with Gasteiger partial charge in [0.15, 0.2) is 17.8 Å². The van der Waals surface area contributed by atoms with Crippen molar-refractivity contribution in [1.82, 2.24) is 0 Å². The number of ether oxygens (including phenoxy) is 3. The molecule has 5 heteroatoms. The number of carbonyl (C=O) groups excluding carboxylic acids is 1. The number of hydrogen-bond donors (Lipinski definition) is 1. The van der Waals surface area contributed by atoms with Gasteiger partial charge in [0.1, 0.15) is 6.61 Å². The molecule has 0 aromatic heterocycles. The van der Waals surface area contributed by atoms with E-state index in [1.165, 1.54) is 14.0 Å². The molecule has 0 fully saturated rings. The summed E-state index contributed by atoms with van der Waals surface area (Å²) in [7, 11) is 1.51. The molecule has 1 aliphatic rings. The Morgan fingerprint density at radius 1 is 1.47 bits per heavy atom. The molecule has 1 aliphatic heterocycles. The van der Waals surface area contributed by atoms with Gasteiger partial charge < -0.3 is 19.3 Å². The predicted molar refractivity (Wildman–Crippen MR) is 58.8 cm³/mol. The molecule has 0 saturated heterocycles. The maximum Gasteiger partial charge on any atom is 0.310 e. The fourth-order valence-corrected chi connectivity index (χ4v) is 1.83. The number of hydrogen-bond acceptors (Lipinski definition) is 5. The molecule has 1 aromatic rings. The fourth-order valence-electron chi connectivity index (χ4n) is 1.83. The Balaban J connectivity index is 2.41. The Morgan fingerprint density at radius 2 is 2.24 bits per heavy atom. The zero-order valence-electron chi connectivity index (χ0n) is 9.73. The van der Waals surface area contributed by atoms with Gasteiger partial charge in [-0.3, -0.25) is 4.79 Å². The van der Waals surface area contributed by atoms with Crippen LogP contribution in [0.15, 0.2) is 12.1 Å². The predicted octanol–water partition coefficient (Wildman–Crippen LogP) is 1.01. The van der Waals surface area contributed by atoms with Crippen LogP contribution in [0.2, 0.25) is 0 Å². The van der Waals surface area contributed by atoms with Crippen molar-refractivity contribution in [3.05, 3.63) is 23.3 Å². The van der Waals surface area contributed by atoms with Gasteiger partial charge in [0, 0.05) is 5.56 Å². The number of rotatable bonds is 3. The lowest BCUT2D eigenvalue weighted by molar-refractivity contribution is -0.145. The number of carbonyl (C=O) groups is 1. The first kappa shape index (κ1) is 11.7. The van der Waals surface area contributed by atoms with Crippen LogP contribution in [0.1, 0.15) is 18.1 Å². The Bertz CT molecular complexity index is 439. The van der Waals surface area contributed by atoms with E-state index in [1.54, 1.807) is 12.1 Å². The van der Waals surface area contributed by atoms with E-state index in [2.05, 4.69) is 0 Å². The average molecular weight is 238 g/mol. The molecule has 17 heavy (non-hydrogen) atoms. The number of aliphatic hydroxyl groups excluding tert-OH is 1. The second-order valence-corrected chi connectivity index (χ2v) is 3.79. The largest absolute Gasteiger partial charge is 0.492 e. The van der Waals surface area contributed by atoms with Gasteiger partial charge in [-0.2, -0.15) is 0 Å². The van der Waals surface area contributed by atoms with Crippen LogP contribution in [0.25, 0.3) is 0 Å². The van der Waals surface area contributed by atoms with Crippen LogP contribution in [0.4, 0.5) is 0 Å². The second-order valence-electron chi connectivity index (χ2n) is 3.79. The standard InChI is InChI=1S/C12H14O5/c1-7(13)17-10-4-3-8-5-11(14)16-6-9(8)12(10)15-2/h3-4,7,13H,5-6H2,1-2H3. The van der Waals surface area contributed by atoms with Gasteiger partial charge in [-0.05, 0) is 18.6 Å². The SMILES string of the molecule is COc1c(OC(C)O)ccc2c1COC(=O)C2. The van der Waals surface area contributed by atoms with Crippen LogP contribution in [-0.4, -0.2) is 24.5 Å². The summed E-state index contributed by atoms with van der Waals surface area (Å²) in [6.45, 7) is 1.69. The minimum Gasteiger partial charge on any atom is -0.492 e. The van der Waals surface area contributed by atoms with Crippen LogP contribution >= 0.6 is 0 Å². The van der Waals surface area contributed by atoms with Crippen molar-refractivity contribution in [3.63, 3.8) is 0 Å². The summed E-state index contributed by atoms with van der Waals surface area (Å²) in [5.41, 5.74) is 1.67. The molecular weight excluding hydrogens is 224 g/mol. The summed E-state index contributed by atoms with van der Waals surface area (Å²) in [4.78, 5) is 11.2. The molecule has 1 atom stereocenters. The number of methoxy groups -OCH3 is 1. The van der Waals surface area contributed by atoms with Crippen LogP contribution in [0.3, 0.4) is 0 Å². The molecule has 0 spiro atoms. The smallest absolute Gasteiger partial charge is 0.310 e. The number of esters is 1. The van der Waals surface area contributed by atoms with Crippen LogP contribution in [-0.2, 0) is 22.6 Å². The number of fused-ring (bicyclic) bond motifs is 1. The van der Waals surface area contributed by atoms with Crippen LogP contribution < -0.4 is 9.47 Å². The number of benzene rings is 1. The molecular formula is C12H14O5. The molecule has 0 saturated carbocycles. The first-order chi connectivity index (χ1) is 8.11. The van der Waals surface area contributed by atoms with Crippen LogP contribution in [0, 0.1) is 0 Å². The number of cyclic esters (lactones) is 1. The topological polar surface area (TPSA) is 65.0 Å². The molecule has 0 radical (unpaired) electrons. The van der Waals surface area contributed by atoms with Crippen molar-refractivity contribution in [1.29, 1.82) is 0 Å². The van der Waals surface area contributed by atoms with E-state index < -0.39 is 6.29 Å². The van der Waals surface area contributed by atoms with E-state index in [0.29, 0.717) is 11.5 Å². The highest BCUT2D eigenvalue weighted by Gasteiger charge is 2.23. The molecule has 92 valence electrons. The van der Waals surface area contributed by atoms with E-state index in [9.17, 15) is 9.90 Å². The quantitative estimate of drug-likeness (QED) is 0.629. The highest BCUT2D eigenvalue weighted by Crippen LogP contribution is 2.36. The third kappa shape index (κ3) is 2.34. The Labute approximate surface area is 98.9 Å². The Kier molecular flexibility index (Phi) is 3.19. The van der Waals surface area contributed by atoms with Crippen molar-refractivity contribution in [2.45, 2.75) is 26.2 Å². The molecule has 1 N–H and O–H groups in total. The summed E-state index contributed by atoms with van der Waals surface area (Å²) >= 11 is 0. The van der Waals surface area contributed by atoms with Crippen molar-refractivity contribution >= 4 is 5.97 Å². The molecule has 0 bridgehead atoms. The van der Waals surface area contributed by atoms with Crippen LogP contribution in [0.5, 0.6) is 11.5 Å². The van der Waals surface area contributed by atoms with E-state index in [0.717, 1.165) is 11.1 Å². The third-order valence-corrected chi connectivity index (χ3v) is 2.54. The minimum atomic E-state index is -0.923. The normalized spacial score (nSPS) is 15.8. The van der Waals surface area contributed by atoms with Crippen molar-refractivity contribution in [2.24, 2.45) is 0 Å². The Morgan fingerprint density at radius 3 is 2.88 bits per heavy atom. The minimum absolute atomic E-state index is 0.175. The van der Waals surface area contributed by atoms with Gasteiger partial charge in [-0.1, -0.05) is 6.07 Å². The Hall–Kier alpha value is -1.75. The summed E-state index contributed by atoms with van der Waals surface area (Å²) in [6.07, 6.45) is -0.686. The lowest BCUT2D eigenvalue weighted by Crippen LogP contribution is -2.18. The molecule has 5 nitrogen and oxygen atoms in total. The molecule has 1 unspecified atom stereocenters. The zero-order chi connectivity index (χ0) is 12.4. The van der Waals surface area contributed by atoms with E-state index >= 15 is 0 Å². The zero-order valence-corrected chi connectivity index (χ0v) is 9.73. The first-order valence-electron chi connectivity index (χ1n) is 5.31. The van der Waals surface area contributed by atoms with E-state index in [1.807, 2.05) is 0 Å². The molecule has 0 amide bonds. The lowest BCUT2D eigenvalue weighted by Gasteiger charge is -2.21. The van der Waals surface area contributed by atoms with E-state index in [-0.39, 0.29) is 19.0 Å². The highest BCUT2D eigenvalue weighted by atomic mass is 16.6. The third-order valence-electron chi connectivity index (χ3n) is 2.54. The molecule has 1 heterocycles. The van der Waals surface area contributed by atoms with Gasteiger partial charge in [0.25, 0.3) is 0 Å².